The average molecular weight is 220 g/mol. The third-order valence-corrected chi connectivity index (χ3v) is 3.47. The molecule has 1 fully saturated rings. The molecule has 1 aromatic rings. The Morgan fingerprint density at radius 2 is 2.19 bits per heavy atom. The lowest BCUT2D eigenvalue weighted by Gasteiger charge is -2.36. The van der Waals surface area contributed by atoms with E-state index in [-0.39, 0.29) is 0 Å². The predicted molar refractivity (Wildman–Crippen MR) is 67.0 cm³/mol. The lowest BCUT2D eigenvalue weighted by molar-refractivity contribution is 0.398. The zero-order chi connectivity index (χ0) is 11.5. The lowest BCUT2D eigenvalue weighted by Crippen LogP contribution is -2.38. The van der Waals surface area contributed by atoms with Crippen LogP contribution in [0.1, 0.15) is 31.7 Å². The molecule has 0 atom stereocenters. The second-order valence-corrected chi connectivity index (χ2v) is 4.32. The lowest BCUT2D eigenvalue weighted by atomic mass is 9.91. The Labute approximate surface area is 97.1 Å². The van der Waals surface area contributed by atoms with Gasteiger partial charge in [-0.25, -0.2) is 9.97 Å². The van der Waals surface area contributed by atoms with Crippen molar-refractivity contribution in [1.29, 1.82) is 0 Å². The fourth-order valence-electron chi connectivity index (χ4n) is 2.19. The Hall–Kier alpha value is -1.32. The van der Waals surface area contributed by atoms with Gasteiger partial charge in [0, 0.05) is 25.7 Å². The Balaban J connectivity index is 2.30. The molecule has 16 heavy (non-hydrogen) atoms. The molecule has 4 nitrogen and oxygen atoms in total. The van der Waals surface area contributed by atoms with Crippen molar-refractivity contribution in [2.24, 2.45) is 0 Å². The highest BCUT2D eigenvalue weighted by atomic mass is 15.2. The Morgan fingerprint density at radius 3 is 2.69 bits per heavy atom. The summed E-state index contributed by atoms with van der Waals surface area (Å²) >= 11 is 0. The first kappa shape index (κ1) is 11.2. The third kappa shape index (κ3) is 1.84. The van der Waals surface area contributed by atoms with Gasteiger partial charge < -0.3 is 10.2 Å². The van der Waals surface area contributed by atoms with Crippen molar-refractivity contribution >= 4 is 11.6 Å². The second-order valence-electron chi connectivity index (χ2n) is 4.32. The molecule has 1 saturated carbocycles. The van der Waals surface area contributed by atoms with E-state index in [1.54, 1.807) is 6.33 Å². The molecule has 1 N–H and O–H groups in total. The van der Waals surface area contributed by atoms with Crippen LogP contribution in [0.25, 0.3) is 0 Å². The first-order valence-corrected chi connectivity index (χ1v) is 6.02. The van der Waals surface area contributed by atoms with E-state index >= 15 is 0 Å². The fraction of sp³-hybridized carbons (Fsp3) is 0.667. The van der Waals surface area contributed by atoms with Crippen LogP contribution in [-0.4, -0.2) is 30.1 Å². The smallest absolute Gasteiger partial charge is 0.137 e. The summed E-state index contributed by atoms with van der Waals surface area (Å²) < 4.78 is 0. The van der Waals surface area contributed by atoms with E-state index in [0.29, 0.717) is 6.04 Å². The van der Waals surface area contributed by atoms with Crippen LogP contribution in [-0.2, 0) is 6.42 Å². The highest BCUT2D eigenvalue weighted by Crippen LogP contribution is 2.30. The molecule has 0 aliphatic heterocycles. The van der Waals surface area contributed by atoms with Crippen molar-refractivity contribution in [2.75, 3.05) is 24.3 Å². The zero-order valence-electron chi connectivity index (χ0n) is 10.3. The van der Waals surface area contributed by atoms with Gasteiger partial charge in [-0.15, -0.1) is 0 Å². The first-order valence-electron chi connectivity index (χ1n) is 6.02. The molecule has 1 aromatic heterocycles. The zero-order valence-corrected chi connectivity index (χ0v) is 10.3. The Bertz CT molecular complexity index is 360. The van der Waals surface area contributed by atoms with Crippen LogP contribution in [0.5, 0.6) is 0 Å². The molecule has 0 saturated heterocycles. The van der Waals surface area contributed by atoms with Gasteiger partial charge in [-0.3, -0.25) is 0 Å². The monoisotopic (exact) mass is 220 g/mol. The topological polar surface area (TPSA) is 41.1 Å². The number of anilines is 2. The van der Waals surface area contributed by atoms with Crippen molar-refractivity contribution in [3.8, 4) is 0 Å². The number of nitrogens with zero attached hydrogens (tertiary/aromatic N) is 3. The fourth-order valence-corrected chi connectivity index (χ4v) is 2.19. The van der Waals surface area contributed by atoms with Gasteiger partial charge in [-0.1, -0.05) is 6.92 Å². The highest BCUT2D eigenvalue weighted by molar-refractivity contribution is 5.58. The second kappa shape index (κ2) is 4.68. The summed E-state index contributed by atoms with van der Waals surface area (Å²) in [7, 11) is 4.05. The molecule has 0 unspecified atom stereocenters. The summed E-state index contributed by atoms with van der Waals surface area (Å²) in [6, 6.07) is 0.671. The normalized spacial score (nSPS) is 15.7. The minimum Gasteiger partial charge on any atom is -0.373 e. The van der Waals surface area contributed by atoms with Gasteiger partial charge in [0.1, 0.15) is 18.0 Å². The molecule has 0 aromatic carbocycles. The Kier molecular flexibility index (Phi) is 3.27. The van der Waals surface area contributed by atoms with Crippen molar-refractivity contribution in [3.63, 3.8) is 0 Å². The summed E-state index contributed by atoms with van der Waals surface area (Å²) in [5, 5.41) is 3.14. The van der Waals surface area contributed by atoms with E-state index in [2.05, 4.69) is 34.2 Å². The molecule has 2 rings (SSSR count). The van der Waals surface area contributed by atoms with Crippen LogP contribution in [0.2, 0.25) is 0 Å². The Morgan fingerprint density at radius 1 is 1.44 bits per heavy atom. The summed E-state index contributed by atoms with van der Waals surface area (Å²) in [4.78, 5) is 11.0. The number of hydrogen-bond donors (Lipinski definition) is 1. The largest absolute Gasteiger partial charge is 0.373 e. The van der Waals surface area contributed by atoms with E-state index in [9.17, 15) is 0 Å². The molecular weight excluding hydrogens is 200 g/mol. The van der Waals surface area contributed by atoms with E-state index < -0.39 is 0 Å². The molecule has 0 spiro atoms. The molecule has 1 aliphatic carbocycles. The average Bonchev–Trinajstić information content (AvgIpc) is 2.25. The number of aromatic nitrogens is 2. The number of nitrogens with one attached hydrogen (secondary N) is 1. The van der Waals surface area contributed by atoms with Gasteiger partial charge in [0.15, 0.2) is 0 Å². The van der Waals surface area contributed by atoms with Gasteiger partial charge in [0.2, 0.25) is 0 Å². The molecule has 1 heterocycles. The van der Waals surface area contributed by atoms with Crippen LogP contribution >= 0.6 is 0 Å². The number of hydrogen-bond acceptors (Lipinski definition) is 4. The quantitative estimate of drug-likeness (QED) is 0.843. The summed E-state index contributed by atoms with van der Waals surface area (Å²) in [6.07, 6.45) is 6.54. The van der Waals surface area contributed by atoms with Crippen molar-refractivity contribution in [2.45, 2.75) is 38.6 Å². The van der Waals surface area contributed by atoms with Gasteiger partial charge in [0.05, 0.1) is 0 Å². The molecule has 88 valence electrons. The maximum absolute atomic E-state index is 4.44. The third-order valence-electron chi connectivity index (χ3n) is 3.47. The van der Waals surface area contributed by atoms with E-state index in [4.69, 9.17) is 0 Å². The van der Waals surface area contributed by atoms with Crippen LogP contribution in [0.15, 0.2) is 6.33 Å². The highest BCUT2D eigenvalue weighted by Gasteiger charge is 2.25. The van der Waals surface area contributed by atoms with Crippen molar-refractivity contribution in [3.05, 3.63) is 11.9 Å². The van der Waals surface area contributed by atoms with Crippen molar-refractivity contribution in [1.82, 2.24) is 9.97 Å². The van der Waals surface area contributed by atoms with Crippen molar-refractivity contribution < 1.29 is 0 Å². The first-order chi connectivity index (χ1) is 7.77. The maximum atomic E-state index is 4.44. The van der Waals surface area contributed by atoms with Gasteiger partial charge >= 0.3 is 0 Å². The minimum absolute atomic E-state index is 0.671. The molecular formula is C12H20N4. The molecule has 0 amide bonds. The molecule has 1 aliphatic rings. The molecule has 0 radical (unpaired) electrons. The molecule has 4 heteroatoms. The van der Waals surface area contributed by atoms with Crippen LogP contribution in [0.4, 0.5) is 11.6 Å². The van der Waals surface area contributed by atoms with Crippen LogP contribution in [0, 0.1) is 0 Å². The molecule has 0 bridgehead atoms. The van der Waals surface area contributed by atoms with Crippen LogP contribution in [0.3, 0.4) is 0 Å². The van der Waals surface area contributed by atoms with Gasteiger partial charge in [-0.2, -0.15) is 0 Å². The van der Waals surface area contributed by atoms with Gasteiger partial charge in [0.25, 0.3) is 0 Å². The van der Waals surface area contributed by atoms with E-state index in [1.165, 1.54) is 24.8 Å². The predicted octanol–water partition coefficient (Wildman–Crippen LogP) is 2.07. The number of rotatable bonds is 4. The van der Waals surface area contributed by atoms with E-state index in [0.717, 1.165) is 18.1 Å². The maximum Gasteiger partial charge on any atom is 0.137 e. The summed E-state index contributed by atoms with van der Waals surface area (Å²) in [5.41, 5.74) is 1.22. The standard InChI is InChI=1S/C12H20N4/c1-4-10-11(13-2)14-8-15-12(10)16(3)9-6-5-7-9/h8-9H,4-7H2,1-3H3,(H,13,14,15). The van der Waals surface area contributed by atoms with Crippen LogP contribution < -0.4 is 10.2 Å². The minimum atomic E-state index is 0.671. The summed E-state index contributed by atoms with van der Waals surface area (Å²) in [6.45, 7) is 2.15. The SMILES string of the molecule is CCc1c(NC)ncnc1N(C)C1CCC1. The van der Waals surface area contributed by atoms with E-state index in [1.807, 2.05) is 7.05 Å². The van der Waals surface area contributed by atoms with Gasteiger partial charge in [-0.05, 0) is 25.7 Å². The summed E-state index contributed by atoms with van der Waals surface area (Å²) in [5.74, 6) is 2.05.